The predicted octanol–water partition coefficient (Wildman–Crippen LogP) is -4.94. The van der Waals surface area contributed by atoms with E-state index in [4.69, 9.17) is 35.9 Å². The molecule has 21 heteroatoms. The van der Waals surface area contributed by atoms with Gasteiger partial charge in [0.2, 0.25) is 11.7 Å². The second kappa shape index (κ2) is 13.5. The largest absolute Gasteiger partial charge is 0.475 e. The van der Waals surface area contributed by atoms with Crippen molar-refractivity contribution in [3.63, 3.8) is 0 Å². The monoisotopic (exact) mass is 632 g/mol. The Kier molecular flexibility index (Phi) is 11.0. The quantitative estimate of drug-likeness (QED) is 0.0592. The van der Waals surface area contributed by atoms with Crippen molar-refractivity contribution in [2.45, 2.75) is 67.2 Å². The number of nitrogens with zero attached hydrogens (tertiary/aromatic N) is 2. The maximum atomic E-state index is 12.8. The van der Waals surface area contributed by atoms with E-state index in [1.165, 1.54) is 6.07 Å². The number of aliphatic hydroxyl groups is 6. The highest BCUT2D eigenvalue weighted by Crippen LogP contribution is 2.50. The number of phosphoric ester groups is 1. The number of hydrogen-bond acceptors (Lipinski definition) is 16. The Morgan fingerprint density at radius 2 is 2.05 bits per heavy atom. The predicted molar refractivity (Wildman–Crippen MR) is 132 cm³/mol. The van der Waals surface area contributed by atoms with Crippen LogP contribution in [0.3, 0.4) is 0 Å². The second-order valence-corrected chi connectivity index (χ2v) is 10.8. The molecule has 11 atom stereocenters. The lowest BCUT2D eigenvalue weighted by Crippen LogP contribution is -2.66. The van der Waals surface area contributed by atoms with Gasteiger partial charge >= 0.3 is 13.5 Å². The molecule has 0 bridgehead atoms. The summed E-state index contributed by atoms with van der Waals surface area (Å²) in [6.45, 7) is -1.96. The van der Waals surface area contributed by atoms with E-state index in [1.807, 2.05) is 0 Å². The third-order valence-electron chi connectivity index (χ3n) is 6.28. The highest BCUT2D eigenvalue weighted by molar-refractivity contribution is 7.47. The normalized spacial score (nSPS) is 34.9. The van der Waals surface area contributed by atoms with Crippen LogP contribution in [0.5, 0.6) is 0 Å². The van der Waals surface area contributed by atoms with Crippen LogP contribution in [0.25, 0.3) is 0 Å². The molecule has 1 aromatic rings. The summed E-state index contributed by atoms with van der Waals surface area (Å²) in [6.07, 6.45) is -14.0. The van der Waals surface area contributed by atoms with Gasteiger partial charge < -0.3 is 56.1 Å². The van der Waals surface area contributed by atoms with Crippen LogP contribution in [-0.4, -0.2) is 131 Å². The third kappa shape index (κ3) is 7.65. The number of aromatic nitrogens is 2. The number of ether oxygens (including phenoxy) is 2. The zero-order chi connectivity index (χ0) is 30.7. The molecule has 2 aliphatic heterocycles. The van der Waals surface area contributed by atoms with E-state index < -0.39 is 106 Å². The van der Waals surface area contributed by atoms with Gasteiger partial charge in [-0.1, -0.05) is 0 Å². The van der Waals surface area contributed by atoms with Crippen molar-refractivity contribution in [2.24, 2.45) is 0 Å². The van der Waals surface area contributed by atoms with Gasteiger partial charge in [0.05, 0.1) is 25.4 Å². The van der Waals surface area contributed by atoms with Crippen LogP contribution in [-0.2, 0) is 32.7 Å². The van der Waals surface area contributed by atoms with Gasteiger partial charge in [-0.05, 0) is 6.07 Å². The molecule has 10 N–H and O–H groups in total. The van der Waals surface area contributed by atoms with Crippen LogP contribution in [0.2, 0.25) is 0 Å². The number of carbonyl (C=O) groups is 2. The molecular weight excluding hydrogens is 603 g/mol. The molecule has 0 spiro atoms. The summed E-state index contributed by atoms with van der Waals surface area (Å²) >= 11 is 5.45. The van der Waals surface area contributed by atoms with E-state index in [-0.39, 0.29) is 12.1 Å². The number of phosphoric acid groups is 1. The number of anilines is 1. The number of nitrogens with two attached hydrogens (primary N) is 1. The molecule has 3 rings (SSSR count). The molecule has 1 aromatic heterocycles. The summed E-state index contributed by atoms with van der Waals surface area (Å²) in [7, 11) is -5.36. The average Bonchev–Trinajstić information content (AvgIpc) is 3.20. The van der Waals surface area contributed by atoms with Crippen molar-refractivity contribution in [1.29, 1.82) is 0 Å². The Hall–Kier alpha value is -2.10. The molecule has 2 saturated heterocycles. The highest BCUT2D eigenvalue weighted by atomic mass is 35.5. The first-order valence-electron chi connectivity index (χ1n) is 11.9. The van der Waals surface area contributed by atoms with Crippen LogP contribution >= 0.6 is 19.4 Å². The molecule has 0 saturated carbocycles. The molecular formula is C20H30ClN4O15P. The summed E-state index contributed by atoms with van der Waals surface area (Å²) in [5, 5.41) is 63.0. The van der Waals surface area contributed by atoms with Crippen molar-refractivity contribution in [3.05, 3.63) is 22.7 Å². The van der Waals surface area contributed by atoms with Gasteiger partial charge in [0.1, 0.15) is 48.3 Å². The topological polar surface area (TPSA) is 303 Å². The third-order valence-corrected chi connectivity index (χ3v) is 7.54. The van der Waals surface area contributed by atoms with Gasteiger partial charge in [0, 0.05) is 12.6 Å². The molecule has 3 heterocycles. The molecule has 0 aliphatic carbocycles. The number of rotatable bonds is 12. The van der Waals surface area contributed by atoms with Crippen LogP contribution < -0.4 is 16.7 Å². The van der Waals surface area contributed by atoms with E-state index in [0.29, 0.717) is 0 Å². The zero-order valence-electron chi connectivity index (χ0n) is 21.0. The molecule has 4 unspecified atom stereocenters. The lowest BCUT2D eigenvalue weighted by atomic mass is 9.89. The smallest absolute Gasteiger partial charge is 0.394 e. The van der Waals surface area contributed by atoms with Crippen molar-refractivity contribution in [2.75, 3.05) is 24.8 Å². The van der Waals surface area contributed by atoms with Gasteiger partial charge in [-0.3, -0.25) is 18.7 Å². The molecule has 1 amide bonds. The van der Waals surface area contributed by atoms with E-state index in [9.17, 15) is 54.5 Å². The van der Waals surface area contributed by atoms with Crippen molar-refractivity contribution in [3.8, 4) is 0 Å². The Bertz CT molecular complexity index is 1190. The fourth-order valence-electron chi connectivity index (χ4n) is 4.26. The number of hydrogen-bond donors (Lipinski definition) is 9. The lowest BCUT2D eigenvalue weighted by Gasteiger charge is -2.46. The number of nitrogen functional groups attached to an aromatic ring is 1. The average molecular weight is 633 g/mol. The van der Waals surface area contributed by atoms with Crippen LogP contribution in [0.15, 0.2) is 17.1 Å². The molecule has 0 aromatic carbocycles. The molecule has 2 fully saturated rings. The minimum absolute atomic E-state index is 0.120. The van der Waals surface area contributed by atoms with Gasteiger partial charge in [-0.2, -0.15) is 4.98 Å². The highest BCUT2D eigenvalue weighted by Gasteiger charge is 2.55. The maximum absolute atomic E-state index is 12.8. The van der Waals surface area contributed by atoms with Crippen molar-refractivity contribution < 1.29 is 68.2 Å². The van der Waals surface area contributed by atoms with E-state index in [1.54, 1.807) is 0 Å². The summed E-state index contributed by atoms with van der Waals surface area (Å²) in [5.41, 5.74) is 4.49. The van der Waals surface area contributed by atoms with Crippen molar-refractivity contribution in [1.82, 2.24) is 14.9 Å². The first-order chi connectivity index (χ1) is 19.2. The molecule has 41 heavy (non-hydrogen) atoms. The summed E-state index contributed by atoms with van der Waals surface area (Å²) < 4.78 is 34.1. The molecule has 19 nitrogen and oxygen atoms in total. The fraction of sp³-hybridized carbons (Fsp3) is 0.700. The summed E-state index contributed by atoms with van der Waals surface area (Å²) in [5.74, 6) is -4.35. The van der Waals surface area contributed by atoms with Gasteiger partial charge in [0.15, 0.2) is 12.5 Å². The van der Waals surface area contributed by atoms with E-state index in [2.05, 4.69) is 10.3 Å². The Labute approximate surface area is 235 Å². The van der Waals surface area contributed by atoms with Gasteiger partial charge in [-0.25, -0.2) is 13.9 Å². The summed E-state index contributed by atoms with van der Waals surface area (Å²) in [6, 6.07) is -0.309. The second-order valence-electron chi connectivity index (χ2n) is 9.20. The molecule has 232 valence electrons. The zero-order valence-corrected chi connectivity index (χ0v) is 22.6. The number of nitrogens with one attached hydrogen (secondary N) is 1. The van der Waals surface area contributed by atoms with Gasteiger partial charge in [-0.15, -0.1) is 11.6 Å². The minimum atomic E-state index is -5.36. The Balaban J connectivity index is 1.75. The summed E-state index contributed by atoms with van der Waals surface area (Å²) in [4.78, 5) is 49.7. The fourth-order valence-corrected chi connectivity index (χ4v) is 5.28. The van der Waals surface area contributed by atoms with Gasteiger partial charge in [0.25, 0.3) is 0 Å². The minimum Gasteiger partial charge on any atom is -0.394 e. The number of carbonyl (C=O) groups excluding carboxylic acids is 2. The Morgan fingerprint density at radius 3 is 2.63 bits per heavy atom. The van der Waals surface area contributed by atoms with E-state index in [0.717, 1.165) is 10.8 Å². The lowest BCUT2D eigenvalue weighted by molar-refractivity contribution is -0.274. The maximum Gasteiger partial charge on any atom is 0.475 e. The standard InChI is InChI=1S/C20H30ClN4O15P/c21-4-12(30)24-13-8(28)3-20(7-27,39-17(13)14(31)9(29)5-26)40-41(35,36)37-6-10-15(32)16(33)18(38-10)25-2-1-11(22)23-19(25)34/h1-2,7-10,13-18,26,28-29,31-33H,3-6H2,(H,24,30)(H,35,36)(H2,22,23,34)/t8-,9-,10?,13-,14-,15-,16-,17?,18?,20-/m1/s1. The molecule has 2 aliphatic rings. The van der Waals surface area contributed by atoms with E-state index >= 15 is 0 Å². The number of amides is 1. The number of halogens is 1. The Morgan fingerprint density at radius 1 is 1.37 bits per heavy atom. The first kappa shape index (κ1) is 33.4. The number of aliphatic hydroxyl groups excluding tert-OH is 6. The first-order valence-corrected chi connectivity index (χ1v) is 13.9. The van der Waals surface area contributed by atoms with Crippen LogP contribution in [0, 0.1) is 0 Å². The molecule has 0 radical (unpaired) electrons. The van der Waals surface area contributed by atoms with Crippen molar-refractivity contribution >= 4 is 37.4 Å². The number of aldehydes is 1. The van der Waals surface area contributed by atoms with Crippen LogP contribution in [0.1, 0.15) is 12.6 Å². The van der Waals surface area contributed by atoms with Crippen LogP contribution in [0.4, 0.5) is 5.82 Å². The number of alkyl halides is 1. The SMILES string of the molecule is Nc1ccn(C2OC(COP(=O)(O)O[C@@]3(C=O)C[C@@H](O)[C@@H](NC(=O)CCl)C([C@H](O)[C@H](O)CO)O3)[C@@H](O)[C@H]2O)c(=O)n1.